The van der Waals surface area contributed by atoms with Crippen molar-refractivity contribution in [2.75, 3.05) is 0 Å². The summed E-state index contributed by atoms with van der Waals surface area (Å²) in [6, 6.07) is 0. The van der Waals surface area contributed by atoms with E-state index in [0.29, 0.717) is 11.8 Å². The summed E-state index contributed by atoms with van der Waals surface area (Å²) in [5.74, 6) is 0.924. The summed E-state index contributed by atoms with van der Waals surface area (Å²) in [6.07, 6.45) is 6.50. The molecule has 0 aromatic rings. The molecule has 1 aliphatic heterocycles. The Bertz CT molecular complexity index is 853. The van der Waals surface area contributed by atoms with Gasteiger partial charge in [-0.05, 0) is 111 Å². The molecule has 0 aromatic carbocycles. The van der Waals surface area contributed by atoms with Gasteiger partial charge in [-0.1, -0.05) is 46.8 Å². The van der Waals surface area contributed by atoms with E-state index in [4.69, 9.17) is 4.74 Å². The topological polar surface area (TPSA) is 69.9 Å². The third-order valence-corrected chi connectivity index (χ3v) is 12.9. The Morgan fingerprint density at radius 1 is 0.853 bits per heavy atom. The molecule has 34 heavy (non-hydrogen) atoms. The van der Waals surface area contributed by atoms with Crippen LogP contribution in [0.5, 0.6) is 0 Å². The quantitative estimate of drug-likeness (QED) is 0.463. The van der Waals surface area contributed by atoms with Crippen LogP contribution in [0.25, 0.3) is 0 Å². The monoisotopic (exact) mass is 474 g/mol. The minimum absolute atomic E-state index is 0.0388. The molecule has 1 heterocycles. The molecule has 4 aliphatic carbocycles. The number of hydrogen-bond acceptors (Lipinski definition) is 4. The molecule has 5 aliphatic rings. The van der Waals surface area contributed by atoms with Crippen LogP contribution in [-0.2, 0) is 4.74 Å². The van der Waals surface area contributed by atoms with Gasteiger partial charge >= 0.3 is 0 Å². The van der Waals surface area contributed by atoms with Gasteiger partial charge in [-0.15, -0.1) is 0 Å². The van der Waals surface area contributed by atoms with Gasteiger partial charge in [0.25, 0.3) is 0 Å². The summed E-state index contributed by atoms with van der Waals surface area (Å²) >= 11 is 0. The second-order valence-corrected chi connectivity index (χ2v) is 14.8. The summed E-state index contributed by atoms with van der Waals surface area (Å²) in [6.45, 7) is 20.1. The maximum atomic E-state index is 11.9. The van der Waals surface area contributed by atoms with Crippen LogP contribution in [0.4, 0.5) is 0 Å². The van der Waals surface area contributed by atoms with E-state index in [2.05, 4.69) is 55.0 Å². The zero-order chi connectivity index (χ0) is 25.1. The molecule has 1 saturated heterocycles. The van der Waals surface area contributed by atoms with E-state index in [1.807, 2.05) is 0 Å². The van der Waals surface area contributed by atoms with Gasteiger partial charge in [0.2, 0.25) is 0 Å². The molecule has 4 saturated carbocycles. The Balaban J connectivity index is 1.52. The van der Waals surface area contributed by atoms with Crippen molar-refractivity contribution in [2.45, 2.75) is 130 Å². The Morgan fingerprint density at radius 2 is 1.53 bits per heavy atom. The second-order valence-electron chi connectivity index (χ2n) is 14.8. The van der Waals surface area contributed by atoms with E-state index in [-0.39, 0.29) is 57.4 Å². The SMILES string of the molecule is C=C(C)[C@H]1CC[C@@](C)([C@H]2CC[C@]3(C)[C@@H]2[C@H](O)C[C@@H]2[C@@]4(C)CC[C@H](O)C(C)(C)[C@@H]4[C@@H](O)C[C@]23C)O1. The molecule has 0 radical (unpaired) electrons. The lowest BCUT2D eigenvalue weighted by Crippen LogP contribution is -2.69. The van der Waals surface area contributed by atoms with Crippen molar-refractivity contribution in [1.82, 2.24) is 0 Å². The van der Waals surface area contributed by atoms with Crippen molar-refractivity contribution in [1.29, 1.82) is 0 Å². The maximum absolute atomic E-state index is 11.9. The largest absolute Gasteiger partial charge is 0.393 e. The summed E-state index contributed by atoms with van der Waals surface area (Å²) in [5.41, 5.74) is 0.406. The van der Waals surface area contributed by atoms with Gasteiger partial charge in [-0.2, -0.15) is 0 Å². The van der Waals surface area contributed by atoms with E-state index in [0.717, 1.165) is 56.9 Å². The molecular weight excluding hydrogens is 424 g/mol. The van der Waals surface area contributed by atoms with Gasteiger partial charge in [0.05, 0.1) is 30.0 Å². The van der Waals surface area contributed by atoms with E-state index in [1.165, 1.54) is 0 Å². The van der Waals surface area contributed by atoms with Crippen molar-refractivity contribution in [2.24, 2.45) is 45.3 Å². The third-order valence-electron chi connectivity index (χ3n) is 12.9. The number of hydrogen-bond donors (Lipinski definition) is 3. The number of rotatable bonds is 2. The lowest BCUT2D eigenvalue weighted by Gasteiger charge is -2.71. The molecule has 0 bridgehead atoms. The molecule has 0 spiro atoms. The van der Waals surface area contributed by atoms with Crippen molar-refractivity contribution in [3.05, 3.63) is 12.2 Å². The number of aliphatic hydroxyl groups is 3. The first-order chi connectivity index (χ1) is 15.6. The fourth-order valence-corrected chi connectivity index (χ4v) is 11.1. The van der Waals surface area contributed by atoms with Gasteiger partial charge in [-0.3, -0.25) is 0 Å². The average molecular weight is 475 g/mol. The fourth-order valence-electron chi connectivity index (χ4n) is 11.1. The van der Waals surface area contributed by atoms with Gasteiger partial charge in [0, 0.05) is 0 Å². The van der Waals surface area contributed by atoms with Gasteiger partial charge in [-0.25, -0.2) is 0 Å². The van der Waals surface area contributed by atoms with Gasteiger partial charge in [0.15, 0.2) is 0 Å². The zero-order valence-electron chi connectivity index (χ0n) is 22.7. The van der Waals surface area contributed by atoms with Crippen LogP contribution in [-0.4, -0.2) is 45.3 Å². The van der Waals surface area contributed by atoms with E-state index in [1.54, 1.807) is 0 Å². The molecule has 4 nitrogen and oxygen atoms in total. The smallest absolute Gasteiger partial charge is 0.0788 e. The van der Waals surface area contributed by atoms with Crippen LogP contribution >= 0.6 is 0 Å². The molecule has 12 atom stereocenters. The van der Waals surface area contributed by atoms with Crippen molar-refractivity contribution in [3.63, 3.8) is 0 Å². The highest BCUT2D eigenvalue weighted by molar-refractivity contribution is 5.22. The molecule has 5 fully saturated rings. The van der Waals surface area contributed by atoms with Crippen molar-refractivity contribution >= 4 is 0 Å². The molecule has 194 valence electrons. The summed E-state index contributed by atoms with van der Waals surface area (Å²) < 4.78 is 6.68. The first-order valence-corrected chi connectivity index (χ1v) is 14.0. The van der Waals surface area contributed by atoms with Gasteiger partial charge < -0.3 is 20.1 Å². The maximum Gasteiger partial charge on any atom is 0.0788 e. The van der Waals surface area contributed by atoms with Crippen LogP contribution in [0, 0.1) is 45.3 Å². The van der Waals surface area contributed by atoms with Crippen LogP contribution in [0.3, 0.4) is 0 Å². The summed E-state index contributed by atoms with van der Waals surface area (Å²) in [7, 11) is 0. The van der Waals surface area contributed by atoms with E-state index in [9.17, 15) is 15.3 Å². The first-order valence-electron chi connectivity index (χ1n) is 14.0. The van der Waals surface area contributed by atoms with Crippen molar-refractivity contribution in [3.8, 4) is 0 Å². The number of fused-ring (bicyclic) bond motifs is 5. The van der Waals surface area contributed by atoms with Gasteiger partial charge in [0.1, 0.15) is 0 Å². The third kappa shape index (κ3) is 3.04. The molecule has 3 N–H and O–H groups in total. The molecule has 0 amide bonds. The van der Waals surface area contributed by atoms with E-state index >= 15 is 0 Å². The average Bonchev–Trinajstić information content (AvgIpc) is 3.30. The minimum Gasteiger partial charge on any atom is -0.393 e. The Morgan fingerprint density at radius 3 is 2.15 bits per heavy atom. The first kappa shape index (κ1) is 25.2. The molecular formula is C30H50O4. The van der Waals surface area contributed by atoms with E-state index < -0.39 is 6.10 Å². The molecule has 0 aromatic heterocycles. The number of ether oxygens (including phenoxy) is 1. The fraction of sp³-hybridized carbons (Fsp3) is 0.933. The predicted molar refractivity (Wildman–Crippen MR) is 135 cm³/mol. The Hall–Kier alpha value is -0.420. The summed E-state index contributed by atoms with van der Waals surface area (Å²) in [4.78, 5) is 0. The predicted octanol–water partition coefficient (Wildman–Crippen LogP) is 5.49. The Kier molecular flexibility index (Phi) is 5.61. The molecule has 0 unspecified atom stereocenters. The highest BCUT2D eigenvalue weighted by Gasteiger charge is 2.73. The molecule has 4 heteroatoms. The zero-order valence-corrected chi connectivity index (χ0v) is 22.7. The normalized spacial score (nSPS) is 58.6. The standard InChI is InChI=1S/C30H50O4/c1-17(2)21-10-14-30(8,34-21)18-9-13-28(6)24(18)19(31)15-22-27(5)12-11-23(33)26(3,4)25(27)20(32)16-29(22,28)7/h18-25,31-33H,1,9-16H2,2-8H3/t18-,19+,20-,21+,22+,23-,24-,25-,27+,28+,29+,30-/m0/s1. The number of aliphatic hydroxyl groups excluding tert-OH is 3. The second kappa shape index (κ2) is 7.55. The molecule has 5 rings (SSSR count). The Labute approximate surface area is 207 Å². The van der Waals surface area contributed by atoms with Crippen LogP contribution in [0.1, 0.15) is 99.8 Å². The highest BCUT2D eigenvalue weighted by Crippen LogP contribution is 2.76. The highest BCUT2D eigenvalue weighted by atomic mass is 16.5. The van der Waals surface area contributed by atoms with Crippen LogP contribution < -0.4 is 0 Å². The lowest BCUT2D eigenvalue weighted by molar-refractivity contribution is -0.274. The van der Waals surface area contributed by atoms with Crippen molar-refractivity contribution < 1.29 is 20.1 Å². The lowest BCUT2D eigenvalue weighted by atomic mass is 9.34. The van der Waals surface area contributed by atoms with Crippen LogP contribution in [0.2, 0.25) is 0 Å². The van der Waals surface area contributed by atoms with Crippen LogP contribution in [0.15, 0.2) is 12.2 Å². The minimum atomic E-state index is -0.422. The summed E-state index contributed by atoms with van der Waals surface area (Å²) in [5, 5.41) is 34.5.